The summed E-state index contributed by atoms with van der Waals surface area (Å²) in [4.78, 5) is 36.2. The van der Waals surface area contributed by atoms with Crippen molar-refractivity contribution in [2.75, 3.05) is 11.9 Å². The van der Waals surface area contributed by atoms with Gasteiger partial charge in [0.15, 0.2) is 0 Å². The zero-order valence-electron chi connectivity index (χ0n) is 13.9. The maximum absolute atomic E-state index is 12.6. The second-order valence-electron chi connectivity index (χ2n) is 5.93. The van der Waals surface area contributed by atoms with E-state index in [4.69, 9.17) is 11.6 Å². The molecule has 0 fully saturated rings. The van der Waals surface area contributed by atoms with Crippen molar-refractivity contribution in [3.05, 3.63) is 40.9 Å². The molecule has 25 heavy (non-hydrogen) atoms. The molecule has 7 heteroatoms. The first-order valence-corrected chi connectivity index (χ1v) is 8.58. The molecule has 3 N–H and O–H groups in total. The number of hydrogen-bond donors (Lipinski definition) is 3. The Bertz CT molecular complexity index is 702. The number of nitrogens with one attached hydrogen (secondary N) is 2. The Labute approximate surface area is 151 Å². The minimum atomic E-state index is -1.00. The molecule has 2 atom stereocenters. The lowest BCUT2D eigenvalue weighted by molar-refractivity contribution is -0.146. The van der Waals surface area contributed by atoms with E-state index in [1.165, 1.54) is 6.07 Å². The molecule has 134 valence electrons. The van der Waals surface area contributed by atoms with Crippen molar-refractivity contribution in [3.63, 3.8) is 0 Å². The molecule has 0 saturated heterocycles. The fourth-order valence-electron chi connectivity index (χ4n) is 2.75. The molecule has 0 saturated carbocycles. The number of carbonyl (C=O) groups is 3. The summed E-state index contributed by atoms with van der Waals surface area (Å²) in [6, 6.07) is 4.61. The molecule has 1 aromatic rings. The Morgan fingerprint density at radius 3 is 2.52 bits per heavy atom. The normalized spacial score (nSPS) is 19.3. The van der Waals surface area contributed by atoms with Gasteiger partial charge in [0.25, 0.3) is 5.91 Å². The number of rotatable bonds is 6. The summed E-state index contributed by atoms with van der Waals surface area (Å²) in [5.74, 6) is -3.21. The first-order valence-electron chi connectivity index (χ1n) is 8.20. The van der Waals surface area contributed by atoms with Gasteiger partial charge in [0.2, 0.25) is 5.91 Å². The third kappa shape index (κ3) is 4.82. The van der Waals surface area contributed by atoms with E-state index in [0.717, 1.165) is 6.42 Å². The summed E-state index contributed by atoms with van der Waals surface area (Å²) in [5, 5.41) is 15.1. The van der Waals surface area contributed by atoms with E-state index in [2.05, 4.69) is 10.6 Å². The van der Waals surface area contributed by atoms with Crippen LogP contribution in [0.25, 0.3) is 0 Å². The minimum absolute atomic E-state index is 0.282. The number of anilines is 1. The maximum atomic E-state index is 12.6. The van der Waals surface area contributed by atoms with Crippen LogP contribution < -0.4 is 10.6 Å². The number of allylic oxidation sites excluding steroid dienone is 2. The molecule has 1 aliphatic rings. The molecular formula is C18H21ClN2O4. The van der Waals surface area contributed by atoms with Crippen molar-refractivity contribution in [1.29, 1.82) is 0 Å². The smallest absolute Gasteiger partial charge is 0.307 e. The van der Waals surface area contributed by atoms with Crippen LogP contribution in [0.15, 0.2) is 30.4 Å². The average Bonchev–Trinajstić information content (AvgIpc) is 2.59. The third-order valence-electron chi connectivity index (χ3n) is 4.11. The number of amides is 2. The molecule has 6 nitrogen and oxygen atoms in total. The van der Waals surface area contributed by atoms with Crippen LogP contribution in [0.3, 0.4) is 0 Å². The first-order chi connectivity index (χ1) is 11.9. The van der Waals surface area contributed by atoms with Crippen LogP contribution in [0.1, 0.15) is 36.5 Å². The van der Waals surface area contributed by atoms with E-state index in [9.17, 15) is 19.5 Å². The molecule has 2 rings (SSSR count). The molecular weight excluding hydrogens is 344 g/mol. The lowest BCUT2D eigenvalue weighted by Crippen LogP contribution is -2.35. The Morgan fingerprint density at radius 2 is 1.88 bits per heavy atom. The van der Waals surface area contributed by atoms with Crippen LogP contribution in [0.2, 0.25) is 5.02 Å². The second kappa shape index (κ2) is 8.67. The summed E-state index contributed by atoms with van der Waals surface area (Å²) in [6.45, 7) is 2.46. The predicted octanol–water partition coefficient (Wildman–Crippen LogP) is 3.09. The van der Waals surface area contributed by atoms with Gasteiger partial charge in [-0.3, -0.25) is 14.4 Å². The van der Waals surface area contributed by atoms with Crippen molar-refractivity contribution in [1.82, 2.24) is 5.32 Å². The SMILES string of the molecule is CCCNC(=O)c1ccc(Cl)cc1NC(=O)[C@H]1CC=CC[C@@H]1C(=O)O. The van der Waals surface area contributed by atoms with Gasteiger partial charge in [0.05, 0.1) is 23.1 Å². The van der Waals surface area contributed by atoms with Crippen molar-refractivity contribution in [2.45, 2.75) is 26.2 Å². The van der Waals surface area contributed by atoms with Crippen LogP contribution in [0.5, 0.6) is 0 Å². The molecule has 0 unspecified atom stereocenters. The summed E-state index contributed by atoms with van der Waals surface area (Å²) in [5.41, 5.74) is 0.578. The third-order valence-corrected chi connectivity index (χ3v) is 4.34. The predicted molar refractivity (Wildman–Crippen MR) is 95.7 cm³/mol. The zero-order valence-corrected chi connectivity index (χ0v) is 14.7. The molecule has 1 aromatic carbocycles. The quantitative estimate of drug-likeness (QED) is 0.676. The van der Waals surface area contributed by atoms with E-state index >= 15 is 0 Å². The van der Waals surface area contributed by atoms with Gasteiger partial charge in [-0.15, -0.1) is 0 Å². The van der Waals surface area contributed by atoms with Gasteiger partial charge in [-0.05, 0) is 37.5 Å². The topological polar surface area (TPSA) is 95.5 Å². The number of carboxylic acid groups (broad SMARTS) is 1. The Balaban J connectivity index is 2.22. The van der Waals surface area contributed by atoms with Gasteiger partial charge in [0, 0.05) is 11.6 Å². The summed E-state index contributed by atoms with van der Waals surface area (Å²) in [6.07, 6.45) is 5.02. The minimum Gasteiger partial charge on any atom is -0.481 e. The number of halogens is 1. The molecule has 0 bridgehead atoms. The van der Waals surface area contributed by atoms with Crippen molar-refractivity contribution < 1.29 is 19.5 Å². The second-order valence-corrected chi connectivity index (χ2v) is 6.37. The average molecular weight is 365 g/mol. The van der Waals surface area contributed by atoms with E-state index < -0.39 is 23.7 Å². The lowest BCUT2D eigenvalue weighted by Gasteiger charge is -2.24. The summed E-state index contributed by atoms with van der Waals surface area (Å²) < 4.78 is 0. The highest BCUT2D eigenvalue weighted by atomic mass is 35.5. The number of aliphatic carboxylic acids is 1. The number of carboxylic acids is 1. The Morgan fingerprint density at radius 1 is 1.20 bits per heavy atom. The highest BCUT2D eigenvalue weighted by Crippen LogP contribution is 2.28. The van der Waals surface area contributed by atoms with Crippen molar-refractivity contribution in [3.8, 4) is 0 Å². The van der Waals surface area contributed by atoms with Crippen LogP contribution in [0, 0.1) is 11.8 Å². The van der Waals surface area contributed by atoms with E-state index in [1.807, 2.05) is 6.92 Å². The largest absolute Gasteiger partial charge is 0.481 e. The van der Waals surface area contributed by atoms with E-state index in [-0.39, 0.29) is 11.6 Å². The fourth-order valence-corrected chi connectivity index (χ4v) is 2.93. The molecule has 1 aliphatic carbocycles. The van der Waals surface area contributed by atoms with Crippen LogP contribution in [-0.4, -0.2) is 29.4 Å². The monoisotopic (exact) mass is 364 g/mol. The summed E-state index contributed by atoms with van der Waals surface area (Å²) >= 11 is 5.99. The maximum Gasteiger partial charge on any atom is 0.307 e. The molecule has 0 aromatic heterocycles. The highest BCUT2D eigenvalue weighted by molar-refractivity contribution is 6.31. The molecule has 0 radical (unpaired) electrons. The molecule has 0 heterocycles. The number of carbonyl (C=O) groups excluding carboxylic acids is 2. The van der Waals surface area contributed by atoms with Crippen molar-refractivity contribution >= 4 is 35.1 Å². The lowest BCUT2D eigenvalue weighted by atomic mass is 9.82. The molecule has 0 spiro atoms. The number of hydrogen-bond acceptors (Lipinski definition) is 3. The Kier molecular flexibility index (Phi) is 6.58. The fraction of sp³-hybridized carbons (Fsp3) is 0.389. The first kappa shape index (κ1) is 19.0. The van der Waals surface area contributed by atoms with Gasteiger partial charge < -0.3 is 15.7 Å². The zero-order chi connectivity index (χ0) is 18.4. The highest BCUT2D eigenvalue weighted by Gasteiger charge is 2.34. The number of benzene rings is 1. The van der Waals surface area contributed by atoms with Crippen LogP contribution >= 0.6 is 11.6 Å². The Hall–Kier alpha value is -2.34. The van der Waals surface area contributed by atoms with Gasteiger partial charge >= 0.3 is 5.97 Å². The molecule has 0 aliphatic heterocycles. The van der Waals surface area contributed by atoms with Crippen LogP contribution in [0.4, 0.5) is 5.69 Å². The van der Waals surface area contributed by atoms with Crippen molar-refractivity contribution in [2.24, 2.45) is 11.8 Å². The van der Waals surface area contributed by atoms with Gasteiger partial charge in [-0.25, -0.2) is 0 Å². The van der Waals surface area contributed by atoms with Gasteiger partial charge in [-0.1, -0.05) is 30.7 Å². The van der Waals surface area contributed by atoms with Crippen LogP contribution in [-0.2, 0) is 9.59 Å². The van der Waals surface area contributed by atoms with E-state index in [0.29, 0.717) is 30.0 Å². The van der Waals surface area contributed by atoms with Gasteiger partial charge in [-0.2, -0.15) is 0 Å². The summed E-state index contributed by atoms with van der Waals surface area (Å²) in [7, 11) is 0. The standard InChI is InChI=1S/C18H21ClN2O4/c1-2-9-20-16(22)14-8-7-11(19)10-15(14)21-17(23)12-5-3-4-6-13(12)18(24)25/h3-4,7-8,10,12-13H,2,5-6,9H2,1H3,(H,20,22)(H,21,23)(H,24,25)/t12-,13-/m0/s1. The van der Waals surface area contributed by atoms with E-state index in [1.54, 1.807) is 24.3 Å². The van der Waals surface area contributed by atoms with Gasteiger partial charge in [0.1, 0.15) is 0 Å². The molecule has 2 amide bonds.